The molecule has 0 bridgehead atoms. The lowest BCUT2D eigenvalue weighted by Gasteiger charge is -2.18. The summed E-state index contributed by atoms with van der Waals surface area (Å²) in [6, 6.07) is 6.69. The lowest BCUT2D eigenvalue weighted by atomic mass is 10.2. The lowest BCUT2D eigenvalue weighted by molar-refractivity contribution is -0.384. The van der Waals surface area contributed by atoms with E-state index in [4.69, 9.17) is 4.74 Å². The summed E-state index contributed by atoms with van der Waals surface area (Å²) in [7, 11) is 0. The predicted molar refractivity (Wildman–Crippen MR) is 75.5 cm³/mol. The average Bonchev–Trinajstić information content (AvgIpc) is 2.76. The summed E-state index contributed by atoms with van der Waals surface area (Å²) in [6.07, 6.45) is 2.66. The highest BCUT2D eigenvalue weighted by molar-refractivity contribution is 5.82. The minimum Gasteiger partial charge on any atom is -0.366 e. The normalized spacial score (nSPS) is 11.9. The number of aliphatic hydroxyl groups is 1. The van der Waals surface area contributed by atoms with Crippen molar-refractivity contribution >= 4 is 16.6 Å². The van der Waals surface area contributed by atoms with Crippen LogP contribution in [0.3, 0.4) is 0 Å². The topological polar surface area (TPSA) is 77.5 Å². The molecular weight excluding hydrogens is 260 g/mol. The van der Waals surface area contributed by atoms with Gasteiger partial charge in [0, 0.05) is 35.8 Å². The quantitative estimate of drug-likeness (QED) is 0.381. The maximum atomic E-state index is 10.7. The second-order valence-electron chi connectivity index (χ2n) is 5.16. The SMILES string of the molecule is CC(C)(O)OCCCn1ccc2cc([N+](=O)[O-])ccc21. The first kappa shape index (κ1) is 14.5. The molecule has 0 aliphatic carbocycles. The first-order chi connectivity index (χ1) is 9.37. The van der Waals surface area contributed by atoms with Crippen LogP contribution >= 0.6 is 0 Å². The smallest absolute Gasteiger partial charge is 0.270 e. The molecule has 0 radical (unpaired) electrons. The zero-order valence-corrected chi connectivity index (χ0v) is 11.6. The summed E-state index contributed by atoms with van der Waals surface area (Å²) in [5.41, 5.74) is 1.06. The fraction of sp³-hybridized carbons (Fsp3) is 0.429. The third-order valence-electron chi connectivity index (χ3n) is 2.96. The van der Waals surface area contributed by atoms with Crippen molar-refractivity contribution in [1.29, 1.82) is 0 Å². The first-order valence-corrected chi connectivity index (χ1v) is 6.46. The number of hydrogen-bond donors (Lipinski definition) is 1. The van der Waals surface area contributed by atoms with E-state index in [0.717, 1.165) is 23.9 Å². The van der Waals surface area contributed by atoms with Gasteiger partial charge in [-0.1, -0.05) is 0 Å². The van der Waals surface area contributed by atoms with E-state index in [1.807, 2.05) is 16.8 Å². The van der Waals surface area contributed by atoms with E-state index in [2.05, 4.69) is 0 Å². The lowest BCUT2D eigenvalue weighted by Crippen LogP contribution is -2.24. The highest BCUT2D eigenvalue weighted by atomic mass is 16.6. The fourth-order valence-corrected chi connectivity index (χ4v) is 2.05. The highest BCUT2D eigenvalue weighted by Gasteiger charge is 2.12. The van der Waals surface area contributed by atoms with Crippen molar-refractivity contribution in [2.24, 2.45) is 0 Å². The molecule has 1 N–H and O–H groups in total. The van der Waals surface area contributed by atoms with Gasteiger partial charge in [0.05, 0.1) is 11.5 Å². The van der Waals surface area contributed by atoms with Crippen LogP contribution in [0.4, 0.5) is 5.69 Å². The van der Waals surface area contributed by atoms with Crippen molar-refractivity contribution in [2.75, 3.05) is 6.61 Å². The van der Waals surface area contributed by atoms with Gasteiger partial charge in [0.1, 0.15) is 0 Å². The minimum absolute atomic E-state index is 0.0978. The number of non-ortho nitro benzene ring substituents is 1. The van der Waals surface area contributed by atoms with Crippen LogP contribution in [0.15, 0.2) is 30.5 Å². The Labute approximate surface area is 116 Å². The average molecular weight is 278 g/mol. The van der Waals surface area contributed by atoms with E-state index in [1.165, 1.54) is 6.07 Å². The number of ether oxygens (including phenoxy) is 1. The summed E-state index contributed by atoms with van der Waals surface area (Å²) >= 11 is 0. The van der Waals surface area contributed by atoms with Gasteiger partial charge in [0.25, 0.3) is 5.69 Å². The van der Waals surface area contributed by atoms with Crippen molar-refractivity contribution in [3.05, 3.63) is 40.6 Å². The van der Waals surface area contributed by atoms with Crippen LogP contribution in [0.1, 0.15) is 20.3 Å². The summed E-state index contributed by atoms with van der Waals surface area (Å²) in [4.78, 5) is 10.3. The second kappa shape index (κ2) is 5.60. The molecule has 1 heterocycles. The molecular formula is C14H18N2O4. The van der Waals surface area contributed by atoms with Crippen molar-refractivity contribution in [3.63, 3.8) is 0 Å². The summed E-state index contributed by atoms with van der Waals surface area (Å²) in [5, 5.41) is 21.0. The zero-order chi connectivity index (χ0) is 14.8. The van der Waals surface area contributed by atoms with Crippen molar-refractivity contribution in [1.82, 2.24) is 4.57 Å². The van der Waals surface area contributed by atoms with Crippen LogP contribution in [-0.4, -0.2) is 27.0 Å². The van der Waals surface area contributed by atoms with Gasteiger partial charge < -0.3 is 14.4 Å². The van der Waals surface area contributed by atoms with E-state index in [1.54, 1.807) is 26.0 Å². The van der Waals surface area contributed by atoms with Crippen LogP contribution < -0.4 is 0 Å². The third kappa shape index (κ3) is 3.55. The molecule has 2 aromatic rings. The number of fused-ring (bicyclic) bond motifs is 1. The van der Waals surface area contributed by atoms with Gasteiger partial charge in [0.15, 0.2) is 5.79 Å². The Morgan fingerprint density at radius 2 is 2.15 bits per heavy atom. The molecule has 20 heavy (non-hydrogen) atoms. The number of nitro benzene ring substituents is 1. The molecule has 0 amide bonds. The molecule has 108 valence electrons. The minimum atomic E-state index is -1.11. The van der Waals surface area contributed by atoms with Gasteiger partial charge in [-0.25, -0.2) is 0 Å². The molecule has 0 unspecified atom stereocenters. The summed E-state index contributed by atoms with van der Waals surface area (Å²) in [5.74, 6) is -1.11. The molecule has 0 aliphatic rings. The van der Waals surface area contributed by atoms with Gasteiger partial charge in [-0.05, 0) is 32.4 Å². The molecule has 2 rings (SSSR count). The fourth-order valence-electron chi connectivity index (χ4n) is 2.05. The van der Waals surface area contributed by atoms with Crippen molar-refractivity contribution in [3.8, 4) is 0 Å². The van der Waals surface area contributed by atoms with Gasteiger partial charge in [-0.2, -0.15) is 0 Å². The van der Waals surface area contributed by atoms with Crippen LogP contribution in [0.5, 0.6) is 0 Å². The molecule has 0 fully saturated rings. The largest absolute Gasteiger partial charge is 0.366 e. The van der Waals surface area contributed by atoms with E-state index < -0.39 is 10.7 Å². The Morgan fingerprint density at radius 3 is 2.80 bits per heavy atom. The number of aryl methyl sites for hydroxylation is 1. The maximum Gasteiger partial charge on any atom is 0.270 e. The Bertz CT molecular complexity index is 613. The maximum absolute atomic E-state index is 10.7. The number of rotatable bonds is 6. The highest BCUT2D eigenvalue weighted by Crippen LogP contribution is 2.22. The number of nitrogens with zero attached hydrogens (tertiary/aromatic N) is 2. The molecule has 1 aromatic carbocycles. The number of nitro groups is 1. The van der Waals surface area contributed by atoms with Gasteiger partial charge >= 0.3 is 0 Å². The predicted octanol–water partition coefficient (Wildman–Crippen LogP) is 2.68. The second-order valence-corrected chi connectivity index (χ2v) is 5.16. The van der Waals surface area contributed by atoms with Crippen molar-refractivity contribution < 1.29 is 14.8 Å². The zero-order valence-electron chi connectivity index (χ0n) is 11.6. The molecule has 6 heteroatoms. The monoisotopic (exact) mass is 278 g/mol. The molecule has 6 nitrogen and oxygen atoms in total. The van der Waals surface area contributed by atoms with Crippen LogP contribution in [0, 0.1) is 10.1 Å². The van der Waals surface area contributed by atoms with E-state index in [9.17, 15) is 15.2 Å². The van der Waals surface area contributed by atoms with Gasteiger partial charge in [0.2, 0.25) is 0 Å². The standard InChI is InChI=1S/C14H18N2O4/c1-14(2,17)20-9-3-7-15-8-6-11-10-12(16(18)19)4-5-13(11)15/h4-6,8,10,17H,3,7,9H2,1-2H3. The van der Waals surface area contributed by atoms with Crippen LogP contribution in [-0.2, 0) is 11.3 Å². The molecule has 1 aromatic heterocycles. The Balaban J connectivity index is 2.03. The number of aromatic nitrogens is 1. The third-order valence-corrected chi connectivity index (χ3v) is 2.96. The molecule has 0 saturated carbocycles. The van der Waals surface area contributed by atoms with Gasteiger partial charge in [-0.15, -0.1) is 0 Å². The molecule has 0 saturated heterocycles. The molecule has 0 spiro atoms. The molecule has 0 atom stereocenters. The van der Waals surface area contributed by atoms with E-state index in [0.29, 0.717) is 6.61 Å². The number of benzene rings is 1. The van der Waals surface area contributed by atoms with Gasteiger partial charge in [-0.3, -0.25) is 10.1 Å². The van der Waals surface area contributed by atoms with E-state index in [-0.39, 0.29) is 5.69 Å². The summed E-state index contributed by atoms with van der Waals surface area (Å²) in [6.45, 7) is 4.38. The van der Waals surface area contributed by atoms with Crippen LogP contribution in [0.25, 0.3) is 10.9 Å². The number of hydrogen-bond acceptors (Lipinski definition) is 4. The van der Waals surface area contributed by atoms with Crippen molar-refractivity contribution in [2.45, 2.75) is 32.6 Å². The van der Waals surface area contributed by atoms with Crippen LogP contribution in [0.2, 0.25) is 0 Å². The summed E-state index contributed by atoms with van der Waals surface area (Å²) < 4.78 is 7.26. The first-order valence-electron chi connectivity index (χ1n) is 6.46. The Kier molecular flexibility index (Phi) is 4.06. The molecule has 0 aliphatic heterocycles. The Morgan fingerprint density at radius 1 is 1.40 bits per heavy atom. The Hall–Kier alpha value is -1.92. The van der Waals surface area contributed by atoms with E-state index >= 15 is 0 Å².